The Balaban J connectivity index is 0.00000120. The van der Waals surface area contributed by atoms with Crippen LogP contribution in [0.3, 0.4) is 0 Å². The van der Waals surface area contributed by atoms with Crippen LogP contribution in [0.1, 0.15) is 18.0 Å². The average Bonchev–Trinajstić information content (AvgIpc) is 2.75. The molecule has 1 saturated heterocycles. The summed E-state index contributed by atoms with van der Waals surface area (Å²) in [5.41, 5.74) is 0.826. The molecule has 0 saturated carbocycles. The van der Waals surface area contributed by atoms with Gasteiger partial charge in [0, 0.05) is 17.5 Å². The van der Waals surface area contributed by atoms with Gasteiger partial charge in [-0.1, -0.05) is 11.6 Å². The molecule has 0 aliphatic carbocycles. The first-order chi connectivity index (χ1) is 8.24. The van der Waals surface area contributed by atoms with Crippen LogP contribution in [0.5, 0.6) is 11.5 Å². The Morgan fingerprint density at radius 1 is 1.22 bits per heavy atom. The van der Waals surface area contributed by atoms with Gasteiger partial charge in [0.2, 0.25) is 6.79 Å². The lowest BCUT2D eigenvalue weighted by atomic mass is 10.0. The maximum absolute atomic E-state index is 11.2. The Morgan fingerprint density at radius 2 is 1.94 bits per heavy atom. The Morgan fingerprint density at radius 3 is 2.67 bits per heavy atom. The van der Waals surface area contributed by atoms with Crippen LogP contribution < -0.4 is 14.8 Å². The third-order valence-corrected chi connectivity index (χ3v) is 3.13. The number of benzene rings is 1. The van der Waals surface area contributed by atoms with Crippen molar-refractivity contribution in [2.45, 2.75) is 12.5 Å². The van der Waals surface area contributed by atoms with Gasteiger partial charge in [-0.2, -0.15) is 0 Å². The molecule has 2 heterocycles. The monoisotopic (exact) mass is 291 g/mol. The fraction of sp³-hybridized carbons (Fsp3) is 0.364. The molecule has 5 nitrogen and oxygen atoms in total. The second-order valence-electron chi connectivity index (χ2n) is 3.85. The van der Waals surface area contributed by atoms with Gasteiger partial charge in [-0.15, -0.1) is 12.4 Å². The van der Waals surface area contributed by atoms with Crippen molar-refractivity contribution in [1.29, 1.82) is 0 Å². The third-order valence-electron chi connectivity index (χ3n) is 2.80. The summed E-state index contributed by atoms with van der Waals surface area (Å²) >= 11 is 6.16. The largest absolute Gasteiger partial charge is 0.454 e. The summed E-state index contributed by atoms with van der Waals surface area (Å²) in [4.78, 5) is 11.2. The summed E-state index contributed by atoms with van der Waals surface area (Å²) in [6.45, 7) is 0.594. The van der Waals surface area contributed by atoms with Crippen molar-refractivity contribution in [2.24, 2.45) is 0 Å². The van der Waals surface area contributed by atoms with E-state index in [1.165, 1.54) is 0 Å². The van der Waals surface area contributed by atoms with Crippen LogP contribution in [-0.2, 0) is 4.74 Å². The summed E-state index contributed by atoms with van der Waals surface area (Å²) in [6, 6.07) is 3.38. The summed E-state index contributed by atoms with van der Waals surface area (Å²) in [7, 11) is 0. The molecule has 0 spiro atoms. The first-order valence-corrected chi connectivity index (χ1v) is 5.64. The van der Waals surface area contributed by atoms with Gasteiger partial charge in [-0.05, 0) is 11.6 Å². The van der Waals surface area contributed by atoms with E-state index in [0.717, 1.165) is 5.56 Å². The number of amides is 1. The van der Waals surface area contributed by atoms with Gasteiger partial charge in [0.05, 0.1) is 12.6 Å². The fourth-order valence-electron chi connectivity index (χ4n) is 1.96. The number of halogens is 2. The zero-order valence-corrected chi connectivity index (χ0v) is 10.8. The zero-order valence-electron chi connectivity index (χ0n) is 9.27. The first-order valence-electron chi connectivity index (χ1n) is 5.26. The van der Waals surface area contributed by atoms with Crippen molar-refractivity contribution >= 4 is 30.1 Å². The maximum Gasteiger partial charge on any atom is 0.407 e. The lowest BCUT2D eigenvalue weighted by Gasteiger charge is -2.24. The number of cyclic esters (lactones) is 1. The van der Waals surface area contributed by atoms with E-state index in [0.29, 0.717) is 29.5 Å². The second kappa shape index (κ2) is 5.12. The van der Waals surface area contributed by atoms with Gasteiger partial charge in [-0.25, -0.2) is 4.79 Å². The van der Waals surface area contributed by atoms with Crippen LogP contribution in [0.2, 0.25) is 5.02 Å². The topological polar surface area (TPSA) is 56.8 Å². The molecule has 3 rings (SSSR count). The number of carbonyl (C=O) groups is 1. The molecule has 2 aliphatic heterocycles. The van der Waals surface area contributed by atoms with Crippen molar-refractivity contribution < 1.29 is 19.0 Å². The SMILES string of the molecule is Cl.O=C1N[C@@H](c2cc3c(cc2Cl)OCO3)CCO1. The molecule has 1 atom stereocenters. The van der Waals surface area contributed by atoms with Crippen molar-refractivity contribution in [3.63, 3.8) is 0 Å². The van der Waals surface area contributed by atoms with Gasteiger partial charge in [0.1, 0.15) is 0 Å². The molecule has 98 valence electrons. The zero-order chi connectivity index (χ0) is 11.8. The van der Waals surface area contributed by atoms with Crippen molar-refractivity contribution in [2.75, 3.05) is 13.4 Å². The van der Waals surface area contributed by atoms with Gasteiger partial charge >= 0.3 is 6.09 Å². The van der Waals surface area contributed by atoms with E-state index in [-0.39, 0.29) is 25.2 Å². The molecular formula is C11H11Cl2NO4. The molecule has 1 amide bonds. The van der Waals surface area contributed by atoms with E-state index in [1.807, 2.05) is 0 Å². The Labute approximate surface area is 115 Å². The van der Waals surface area contributed by atoms with Crippen LogP contribution in [0.4, 0.5) is 4.79 Å². The van der Waals surface area contributed by atoms with Gasteiger partial charge < -0.3 is 19.5 Å². The Hall–Kier alpha value is -1.33. The highest BCUT2D eigenvalue weighted by Crippen LogP contribution is 2.39. The molecule has 0 bridgehead atoms. The number of fused-ring (bicyclic) bond motifs is 1. The molecule has 1 aromatic carbocycles. The van der Waals surface area contributed by atoms with E-state index in [1.54, 1.807) is 12.1 Å². The normalized spacial score (nSPS) is 20.7. The van der Waals surface area contributed by atoms with Crippen molar-refractivity contribution in [3.8, 4) is 11.5 Å². The number of ether oxygens (including phenoxy) is 3. The molecule has 0 unspecified atom stereocenters. The molecule has 18 heavy (non-hydrogen) atoms. The lowest BCUT2D eigenvalue weighted by Crippen LogP contribution is -2.35. The van der Waals surface area contributed by atoms with E-state index < -0.39 is 6.09 Å². The number of alkyl carbamates (subject to hydrolysis) is 1. The minimum absolute atomic E-state index is 0. The third kappa shape index (κ3) is 2.28. The number of nitrogens with one attached hydrogen (secondary N) is 1. The molecule has 0 radical (unpaired) electrons. The Bertz CT molecular complexity index is 480. The van der Waals surface area contributed by atoms with E-state index >= 15 is 0 Å². The molecule has 1 N–H and O–H groups in total. The Kier molecular flexibility index (Phi) is 3.73. The van der Waals surface area contributed by atoms with E-state index in [2.05, 4.69) is 5.32 Å². The summed E-state index contributed by atoms with van der Waals surface area (Å²) in [6.07, 6.45) is 0.264. The smallest absolute Gasteiger partial charge is 0.407 e. The number of rotatable bonds is 1. The highest BCUT2D eigenvalue weighted by atomic mass is 35.5. The lowest BCUT2D eigenvalue weighted by molar-refractivity contribution is 0.115. The van der Waals surface area contributed by atoms with Crippen LogP contribution in [0.15, 0.2) is 12.1 Å². The molecule has 2 aliphatic rings. The highest BCUT2D eigenvalue weighted by Gasteiger charge is 2.25. The van der Waals surface area contributed by atoms with Crippen LogP contribution in [-0.4, -0.2) is 19.5 Å². The van der Waals surface area contributed by atoms with Crippen molar-refractivity contribution in [1.82, 2.24) is 5.32 Å². The van der Waals surface area contributed by atoms with Gasteiger partial charge in [0.25, 0.3) is 0 Å². The maximum atomic E-state index is 11.2. The van der Waals surface area contributed by atoms with Crippen molar-refractivity contribution in [3.05, 3.63) is 22.7 Å². The number of hydrogen-bond donors (Lipinski definition) is 1. The molecule has 0 aromatic heterocycles. The summed E-state index contributed by atoms with van der Waals surface area (Å²) in [5, 5.41) is 3.28. The fourth-order valence-corrected chi connectivity index (χ4v) is 2.24. The van der Waals surface area contributed by atoms with Crippen LogP contribution >= 0.6 is 24.0 Å². The predicted octanol–water partition coefficient (Wildman–Crippen LogP) is 2.66. The predicted molar refractivity (Wildman–Crippen MR) is 66.7 cm³/mol. The van der Waals surface area contributed by atoms with Gasteiger partial charge in [-0.3, -0.25) is 0 Å². The molecule has 1 aromatic rings. The minimum atomic E-state index is -0.421. The number of carbonyl (C=O) groups excluding carboxylic acids is 1. The van der Waals surface area contributed by atoms with Gasteiger partial charge in [0.15, 0.2) is 11.5 Å². The molecule has 1 fully saturated rings. The highest BCUT2D eigenvalue weighted by molar-refractivity contribution is 6.31. The van der Waals surface area contributed by atoms with E-state index in [9.17, 15) is 4.79 Å². The molecule has 7 heteroatoms. The minimum Gasteiger partial charge on any atom is -0.454 e. The van der Waals surface area contributed by atoms with Crippen LogP contribution in [0.25, 0.3) is 0 Å². The second-order valence-corrected chi connectivity index (χ2v) is 4.26. The standard InChI is InChI=1S/C11H10ClNO4.ClH/c12-7-4-10-9(16-5-17-10)3-6(7)8-1-2-15-11(14)13-8;/h3-4,8H,1-2,5H2,(H,13,14);1H/t8-;/m1./s1. The molecular weight excluding hydrogens is 281 g/mol. The summed E-state index contributed by atoms with van der Waals surface area (Å²) < 4.78 is 15.3. The quantitative estimate of drug-likeness (QED) is 0.864. The first kappa shape index (κ1) is 13.1. The van der Waals surface area contributed by atoms with Crippen LogP contribution in [0, 0.1) is 0 Å². The average molecular weight is 292 g/mol. The number of hydrogen-bond acceptors (Lipinski definition) is 4. The summed E-state index contributed by atoms with van der Waals surface area (Å²) in [5.74, 6) is 1.29. The van der Waals surface area contributed by atoms with E-state index in [4.69, 9.17) is 25.8 Å².